The molecule has 2 unspecified atom stereocenters. The molecule has 0 aliphatic heterocycles. The Hall–Kier alpha value is -3.05. The van der Waals surface area contributed by atoms with E-state index in [0.29, 0.717) is 19.3 Å². The van der Waals surface area contributed by atoms with Gasteiger partial charge in [-0.25, -0.2) is 9.78 Å². The number of ether oxygens (including phenoxy) is 2. The predicted octanol–water partition coefficient (Wildman–Crippen LogP) is 2.66. The van der Waals surface area contributed by atoms with Crippen LogP contribution in [0.3, 0.4) is 0 Å². The minimum absolute atomic E-state index is 0.0425. The molecule has 214 valence electrons. The third-order valence-corrected chi connectivity index (χ3v) is 10.3. The molecule has 4 rings (SSSR count). The molecule has 5 N–H and O–H groups in total. The average Bonchev–Trinajstić information content (AvgIpc) is 3.07. The Labute approximate surface area is 228 Å². The third kappa shape index (κ3) is 4.80. The quantitative estimate of drug-likeness (QED) is 0.413. The molecule has 1 aromatic rings. The summed E-state index contributed by atoms with van der Waals surface area (Å²) in [5.74, 6) is -1.96. The zero-order valence-corrected chi connectivity index (χ0v) is 23.3. The van der Waals surface area contributed by atoms with Gasteiger partial charge in [0.1, 0.15) is 17.9 Å². The number of hydrogen-bond acceptors (Lipinski definition) is 10. The first-order valence-corrected chi connectivity index (χ1v) is 13.4. The van der Waals surface area contributed by atoms with Crippen LogP contribution < -0.4 is 15.8 Å². The van der Waals surface area contributed by atoms with Crippen LogP contribution in [0.1, 0.15) is 70.3 Å². The Morgan fingerprint density at radius 2 is 1.90 bits per heavy atom. The van der Waals surface area contributed by atoms with Crippen molar-refractivity contribution in [2.45, 2.75) is 78.1 Å². The first kappa shape index (κ1) is 28.9. The highest BCUT2D eigenvalue weighted by Crippen LogP contribution is 2.63. The van der Waals surface area contributed by atoms with Crippen molar-refractivity contribution in [2.24, 2.45) is 34.0 Å². The molecule has 11 heteroatoms. The number of nitrogens with zero attached hydrogens (tertiary/aromatic N) is 2. The van der Waals surface area contributed by atoms with Crippen LogP contribution in [0.25, 0.3) is 0 Å². The van der Waals surface area contributed by atoms with Crippen LogP contribution in [0.2, 0.25) is 0 Å². The van der Waals surface area contributed by atoms with Crippen molar-refractivity contribution in [2.75, 3.05) is 12.8 Å². The van der Waals surface area contributed by atoms with E-state index < -0.39 is 52.5 Å². The predicted molar refractivity (Wildman–Crippen MR) is 141 cm³/mol. The van der Waals surface area contributed by atoms with Crippen molar-refractivity contribution in [1.29, 1.82) is 0 Å². The molecule has 3 aliphatic carbocycles. The Morgan fingerprint density at radius 3 is 2.54 bits per heavy atom. The molecule has 0 aromatic carbocycles. The maximum Gasteiger partial charge on any atom is 0.414 e. The van der Waals surface area contributed by atoms with E-state index in [1.165, 1.54) is 13.2 Å². The normalized spacial score (nSPS) is 39.9. The number of Topliss-reactive ketones (excluding diaryl/α,β-unsaturated/α-hetero) is 1. The van der Waals surface area contributed by atoms with Crippen LogP contribution in [0.5, 0.6) is 5.88 Å². The van der Waals surface area contributed by atoms with Crippen LogP contribution in [0, 0.1) is 34.0 Å². The van der Waals surface area contributed by atoms with E-state index in [4.69, 9.17) is 15.2 Å². The highest BCUT2D eigenvalue weighted by molar-refractivity contribution is 6.01. The number of aliphatic hydroxyl groups excluding tert-OH is 2. The molecule has 0 radical (unpaired) electrons. The van der Waals surface area contributed by atoms with Gasteiger partial charge in [-0.15, -0.1) is 6.58 Å². The van der Waals surface area contributed by atoms with Gasteiger partial charge in [-0.3, -0.25) is 14.9 Å². The van der Waals surface area contributed by atoms with E-state index >= 15 is 0 Å². The van der Waals surface area contributed by atoms with Crippen molar-refractivity contribution in [1.82, 2.24) is 15.3 Å². The second-order valence-electron chi connectivity index (χ2n) is 12.2. The lowest BCUT2D eigenvalue weighted by Crippen LogP contribution is -2.49. The smallest absolute Gasteiger partial charge is 0.414 e. The maximum absolute atomic E-state index is 13.3. The number of rotatable bonds is 4. The summed E-state index contributed by atoms with van der Waals surface area (Å²) in [7, 11) is 1.36. The van der Waals surface area contributed by atoms with Crippen LogP contribution in [0.15, 0.2) is 18.7 Å². The Morgan fingerprint density at radius 1 is 1.21 bits per heavy atom. The van der Waals surface area contributed by atoms with E-state index in [9.17, 15) is 24.6 Å². The van der Waals surface area contributed by atoms with Crippen LogP contribution in [0.4, 0.5) is 10.7 Å². The number of nitrogens with one attached hydrogen (secondary N) is 1. The maximum atomic E-state index is 13.3. The zero-order valence-electron chi connectivity index (χ0n) is 23.3. The number of fused-ring (bicyclic) bond motifs is 1. The van der Waals surface area contributed by atoms with Gasteiger partial charge in [-0.2, -0.15) is 4.98 Å². The summed E-state index contributed by atoms with van der Waals surface area (Å²) < 4.78 is 11.0. The molecular weight excluding hydrogens is 504 g/mol. The number of amides is 2. The molecule has 11 nitrogen and oxygen atoms in total. The number of anilines is 1. The van der Waals surface area contributed by atoms with Gasteiger partial charge in [0, 0.05) is 22.8 Å². The summed E-state index contributed by atoms with van der Waals surface area (Å²) in [4.78, 5) is 47.0. The number of methoxy groups -OCH3 is 1. The average molecular weight is 545 g/mol. The van der Waals surface area contributed by atoms with Crippen molar-refractivity contribution in [3.8, 4) is 5.88 Å². The lowest BCUT2D eigenvalue weighted by molar-refractivity contribution is -0.130. The molecule has 3 aliphatic rings. The van der Waals surface area contributed by atoms with Crippen molar-refractivity contribution in [3.63, 3.8) is 0 Å². The van der Waals surface area contributed by atoms with Crippen molar-refractivity contribution >= 4 is 23.7 Å². The third-order valence-electron chi connectivity index (χ3n) is 10.3. The van der Waals surface area contributed by atoms with Crippen LogP contribution in [-0.2, 0) is 9.53 Å². The fourth-order valence-corrected chi connectivity index (χ4v) is 7.33. The molecule has 39 heavy (non-hydrogen) atoms. The first-order chi connectivity index (χ1) is 18.2. The Bertz CT molecular complexity index is 1180. The van der Waals surface area contributed by atoms with Gasteiger partial charge >= 0.3 is 6.09 Å². The molecule has 9 atom stereocenters. The second kappa shape index (κ2) is 10.2. The molecule has 3 fully saturated rings. The number of aromatic nitrogens is 2. The number of hydrogen-bond donors (Lipinski definition) is 4. The largest absolute Gasteiger partial charge is 0.481 e. The topological polar surface area (TPSA) is 174 Å². The van der Waals surface area contributed by atoms with E-state index in [1.807, 2.05) is 20.8 Å². The number of imide groups is 1. The number of aliphatic hydroxyl groups is 2. The van der Waals surface area contributed by atoms with Gasteiger partial charge in [-0.05, 0) is 49.4 Å². The van der Waals surface area contributed by atoms with E-state index in [2.05, 4.69) is 28.8 Å². The van der Waals surface area contributed by atoms with E-state index in [1.54, 1.807) is 6.08 Å². The number of ketones is 1. The van der Waals surface area contributed by atoms with Gasteiger partial charge in [0.25, 0.3) is 5.91 Å². The molecule has 3 saturated carbocycles. The van der Waals surface area contributed by atoms with Crippen molar-refractivity contribution < 1.29 is 34.1 Å². The molecule has 1 heterocycles. The van der Waals surface area contributed by atoms with E-state index in [0.717, 1.165) is 6.42 Å². The molecule has 1 aromatic heterocycles. The summed E-state index contributed by atoms with van der Waals surface area (Å²) >= 11 is 0. The number of alkyl carbamates (subject to hydrolysis) is 1. The summed E-state index contributed by atoms with van der Waals surface area (Å²) in [6.07, 6.45) is 0.234. The molecule has 2 bridgehead atoms. The van der Waals surface area contributed by atoms with Crippen molar-refractivity contribution in [3.05, 3.63) is 24.4 Å². The minimum Gasteiger partial charge on any atom is -0.481 e. The van der Waals surface area contributed by atoms with Gasteiger partial charge < -0.3 is 25.4 Å². The monoisotopic (exact) mass is 544 g/mol. The highest BCUT2D eigenvalue weighted by atomic mass is 16.6. The summed E-state index contributed by atoms with van der Waals surface area (Å²) in [6, 6.07) is 1.25. The first-order valence-electron chi connectivity index (χ1n) is 13.4. The van der Waals surface area contributed by atoms with Gasteiger partial charge in [-0.1, -0.05) is 33.8 Å². The number of carbonyl (C=O) groups excluding carboxylic acids is 3. The van der Waals surface area contributed by atoms with Crippen LogP contribution >= 0.6 is 0 Å². The Kier molecular flexibility index (Phi) is 7.54. The van der Waals surface area contributed by atoms with Gasteiger partial charge in [0.05, 0.1) is 13.2 Å². The second-order valence-corrected chi connectivity index (χ2v) is 12.2. The zero-order chi connectivity index (χ0) is 28.9. The number of nitrogen functional groups attached to an aromatic ring is 1. The molecular formula is C28H40N4O7. The summed E-state index contributed by atoms with van der Waals surface area (Å²) in [5, 5.41) is 24.6. The SMILES string of the molecule is C=C[C@]1(C)C[C@@H](OC(=O)NC(=O)c2cc(OC)nc(N)n2)[C@@]2(C)CC3C(=O)[C@@H](O)C[C@@]3(CCC2C)[C@@H](C)[C@@H]1O. The standard InChI is InChI=1S/C28H40N4O7/c1-7-26(4)13-19(39-25(37)32-23(36)17-10-20(38-6)31-24(29)30-17)27(5)11-16-21(34)18(33)12-28(16,9-8-14(27)2)15(3)22(26)35/h7,10,14-16,18-19,22,33,35H,1,8-9,11-13H2,2-6H3,(H2,29,30,31)(H,32,36,37)/t14?,15-,16?,18-,19+,22-,26+,27-,28-/m0/s1. The molecule has 2 amide bonds. The molecule has 0 saturated heterocycles. The minimum atomic E-state index is -1.09. The number of nitrogens with two attached hydrogens (primary N) is 1. The summed E-state index contributed by atoms with van der Waals surface area (Å²) in [6.45, 7) is 11.9. The fraction of sp³-hybridized carbons (Fsp3) is 0.679. The lowest BCUT2D eigenvalue weighted by atomic mass is 9.60. The van der Waals surface area contributed by atoms with Gasteiger partial charge in [0.2, 0.25) is 11.8 Å². The summed E-state index contributed by atoms with van der Waals surface area (Å²) in [5.41, 5.74) is 3.33. The fourth-order valence-electron chi connectivity index (χ4n) is 7.33. The number of carbonyl (C=O) groups is 3. The highest BCUT2D eigenvalue weighted by Gasteiger charge is 2.64. The van der Waals surface area contributed by atoms with Gasteiger partial charge in [0.15, 0.2) is 5.78 Å². The van der Waals surface area contributed by atoms with E-state index in [-0.39, 0.29) is 41.6 Å². The Balaban J connectivity index is 1.70. The lowest BCUT2D eigenvalue weighted by Gasteiger charge is -2.47. The van der Waals surface area contributed by atoms with Crippen LogP contribution in [-0.4, -0.2) is 63.4 Å². The molecule has 0 spiro atoms.